The number of nitrogens with one attached hydrogen (secondary N) is 1. The van der Waals surface area contributed by atoms with Crippen molar-refractivity contribution in [2.75, 3.05) is 5.32 Å². The van der Waals surface area contributed by atoms with Gasteiger partial charge in [0.25, 0.3) is 5.91 Å². The third-order valence-corrected chi connectivity index (χ3v) is 4.15. The molecule has 0 saturated carbocycles. The normalized spacial score (nSPS) is 12.6. The molecular formula is C21H18F3NO2. The van der Waals surface area contributed by atoms with Gasteiger partial charge in [0.2, 0.25) is 0 Å². The van der Waals surface area contributed by atoms with E-state index in [-0.39, 0.29) is 5.69 Å². The molecule has 0 aliphatic heterocycles. The molecule has 0 unspecified atom stereocenters. The van der Waals surface area contributed by atoms with E-state index in [1.807, 2.05) is 30.3 Å². The molecule has 27 heavy (non-hydrogen) atoms. The summed E-state index contributed by atoms with van der Waals surface area (Å²) in [7, 11) is 0. The summed E-state index contributed by atoms with van der Waals surface area (Å²) in [6, 6.07) is 18.0. The first-order valence-corrected chi connectivity index (χ1v) is 8.51. The SMILES string of the molecule is CC[C@@H](Oc1ccc2ccccc2c1)C(=O)Nc1ccccc1C(F)(F)F. The largest absolute Gasteiger partial charge is 0.481 e. The van der Waals surface area contributed by atoms with Crippen molar-refractivity contribution in [2.45, 2.75) is 25.6 Å². The number of benzene rings is 3. The van der Waals surface area contributed by atoms with E-state index in [0.717, 1.165) is 16.8 Å². The van der Waals surface area contributed by atoms with Crippen LogP contribution in [0.15, 0.2) is 66.7 Å². The number of ether oxygens (including phenoxy) is 1. The number of para-hydroxylation sites is 1. The summed E-state index contributed by atoms with van der Waals surface area (Å²) >= 11 is 0. The van der Waals surface area contributed by atoms with Crippen LogP contribution in [0.3, 0.4) is 0 Å². The van der Waals surface area contributed by atoms with Crippen LogP contribution in [0.4, 0.5) is 18.9 Å². The summed E-state index contributed by atoms with van der Waals surface area (Å²) in [6.45, 7) is 1.74. The molecule has 3 nitrogen and oxygen atoms in total. The van der Waals surface area contributed by atoms with Gasteiger partial charge >= 0.3 is 6.18 Å². The third kappa shape index (κ3) is 4.39. The lowest BCUT2D eigenvalue weighted by Crippen LogP contribution is -2.33. The zero-order chi connectivity index (χ0) is 19.4. The number of amides is 1. The number of anilines is 1. The lowest BCUT2D eigenvalue weighted by molar-refractivity contribution is -0.137. The molecule has 6 heteroatoms. The Morgan fingerprint density at radius 3 is 2.37 bits per heavy atom. The topological polar surface area (TPSA) is 38.3 Å². The average molecular weight is 373 g/mol. The Morgan fingerprint density at radius 1 is 1.00 bits per heavy atom. The van der Waals surface area contributed by atoms with Crippen LogP contribution in [0.1, 0.15) is 18.9 Å². The van der Waals surface area contributed by atoms with Crippen LogP contribution in [-0.2, 0) is 11.0 Å². The lowest BCUT2D eigenvalue weighted by Gasteiger charge is -2.19. The monoisotopic (exact) mass is 373 g/mol. The summed E-state index contributed by atoms with van der Waals surface area (Å²) in [4.78, 5) is 12.5. The van der Waals surface area contributed by atoms with Gasteiger partial charge in [-0.15, -0.1) is 0 Å². The third-order valence-electron chi connectivity index (χ3n) is 4.15. The minimum absolute atomic E-state index is 0.282. The molecule has 0 aliphatic rings. The van der Waals surface area contributed by atoms with E-state index in [9.17, 15) is 18.0 Å². The number of hydrogen-bond donors (Lipinski definition) is 1. The smallest absolute Gasteiger partial charge is 0.418 e. The number of carbonyl (C=O) groups is 1. The fourth-order valence-corrected chi connectivity index (χ4v) is 2.78. The first-order chi connectivity index (χ1) is 12.9. The second-order valence-electron chi connectivity index (χ2n) is 6.06. The summed E-state index contributed by atoms with van der Waals surface area (Å²) in [5.74, 6) is -0.137. The Morgan fingerprint density at radius 2 is 1.67 bits per heavy atom. The maximum absolute atomic E-state index is 13.1. The molecule has 0 aliphatic carbocycles. The first-order valence-electron chi connectivity index (χ1n) is 8.51. The molecule has 1 N–H and O–H groups in total. The van der Waals surface area contributed by atoms with Crippen LogP contribution in [0.5, 0.6) is 5.75 Å². The molecule has 0 spiro atoms. The van der Waals surface area contributed by atoms with Crippen molar-refractivity contribution in [3.05, 3.63) is 72.3 Å². The van der Waals surface area contributed by atoms with E-state index < -0.39 is 23.8 Å². The maximum Gasteiger partial charge on any atom is 0.418 e. The zero-order valence-corrected chi connectivity index (χ0v) is 14.6. The summed E-state index contributed by atoms with van der Waals surface area (Å²) < 4.78 is 45.0. The van der Waals surface area contributed by atoms with E-state index in [0.29, 0.717) is 12.2 Å². The summed E-state index contributed by atoms with van der Waals surface area (Å²) in [6.07, 6.45) is -5.15. The van der Waals surface area contributed by atoms with E-state index in [1.54, 1.807) is 19.1 Å². The van der Waals surface area contributed by atoms with Gasteiger partial charge < -0.3 is 10.1 Å². The van der Waals surface area contributed by atoms with Gasteiger partial charge in [0.05, 0.1) is 11.3 Å². The number of hydrogen-bond acceptors (Lipinski definition) is 2. The molecule has 0 heterocycles. The van der Waals surface area contributed by atoms with Crippen LogP contribution < -0.4 is 10.1 Å². The molecule has 0 saturated heterocycles. The Balaban J connectivity index is 1.78. The minimum Gasteiger partial charge on any atom is -0.481 e. The van der Waals surface area contributed by atoms with Crippen molar-refractivity contribution in [1.82, 2.24) is 0 Å². The predicted molar refractivity (Wildman–Crippen MR) is 98.7 cm³/mol. The van der Waals surface area contributed by atoms with Gasteiger partial charge in [0, 0.05) is 0 Å². The van der Waals surface area contributed by atoms with Gasteiger partial charge in [-0.25, -0.2) is 0 Å². The van der Waals surface area contributed by atoms with Gasteiger partial charge in [0.1, 0.15) is 5.75 Å². The summed E-state index contributed by atoms with van der Waals surface area (Å²) in [5.41, 5.74) is -1.17. The molecule has 0 bridgehead atoms. The highest BCUT2D eigenvalue weighted by Crippen LogP contribution is 2.34. The van der Waals surface area contributed by atoms with Crippen LogP contribution in [0.25, 0.3) is 10.8 Å². The summed E-state index contributed by atoms with van der Waals surface area (Å²) in [5, 5.41) is 4.32. The Kier molecular flexibility index (Phi) is 5.35. The molecule has 0 fully saturated rings. The number of rotatable bonds is 5. The highest BCUT2D eigenvalue weighted by molar-refractivity contribution is 5.95. The zero-order valence-electron chi connectivity index (χ0n) is 14.6. The average Bonchev–Trinajstić information content (AvgIpc) is 2.65. The van der Waals surface area contributed by atoms with Crippen LogP contribution in [0.2, 0.25) is 0 Å². The van der Waals surface area contributed by atoms with Crippen LogP contribution in [0, 0.1) is 0 Å². The minimum atomic E-state index is -4.55. The highest BCUT2D eigenvalue weighted by atomic mass is 19.4. The van der Waals surface area contributed by atoms with Gasteiger partial charge in [-0.1, -0.05) is 49.4 Å². The predicted octanol–water partition coefficient (Wildman–Crippen LogP) is 5.65. The van der Waals surface area contributed by atoms with Crippen molar-refractivity contribution in [3.63, 3.8) is 0 Å². The molecule has 1 amide bonds. The molecule has 3 aromatic rings. The number of alkyl halides is 3. The van der Waals surface area contributed by atoms with E-state index >= 15 is 0 Å². The number of fused-ring (bicyclic) bond motifs is 1. The van der Waals surface area contributed by atoms with Crippen LogP contribution >= 0.6 is 0 Å². The second kappa shape index (κ2) is 7.70. The Bertz CT molecular complexity index is 953. The fourth-order valence-electron chi connectivity index (χ4n) is 2.78. The van der Waals surface area contributed by atoms with Gasteiger partial charge in [0.15, 0.2) is 6.10 Å². The standard InChI is InChI=1S/C21H18F3NO2/c1-2-19(27-16-12-11-14-7-3-4-8-15(14)13-16)20(26)25-18-10-6-5-9-17(18)21(22,23)24/h3-13,19H,2H2,1H3,(H,25,26)/t19-/m1/s1. The molecule has 140 valence electrons. The van der Waals surface area contributed by atoms with Crippen molar-refractivity contribution in [2.24, 2.45) is 0 Å². The van der Waals surface area contributed by atoms with Gasteiger partial charge in [-0.3, -0.25) is 4.79 Å². The van der Waals surface area contributed by atoms with Crippen molar-refractivity contribution in [3.8, 4) is 5.75 Å². The van der Waals surface area contributed by atoms with Crippen LogP contribution in [-0.4, -0.2) is 12.0 Å². The van der Waals surface area contributed by atoms with E-state index in [4.69, 9.17) is 4.74 Å². The van der Waals surface area contributed by atoms with Gasteiger partial charge in [-0.2, -0.15) is 13.2 Å². The van der Waals surface area contributed by atoms with Crippen molar-refractivity contribution in [1.29, 1.82) is 0 Å². The maximum atomic E-state index is 13.1. The van der Waals surface area contributed by atoms with E-state index in [2.05, 4.69) is 5.32 Å². The number of halogens is 3. The Labute approximate surface area is 154 Å². The molecule has 3 aromatic carbocycles. The van der Waals surface area contributed by atoms with Crippen molar-refractivity contribution >= 4 is 22.4 Å². The Hall–Kier alpha value is -3.02. The number of carbonyl (C=O) groups excluding carboxylic acids is 1. The fraction of sp³-hybridized carbons (Fsp3) is 0.190. The van der Waals surface area contributed by atoms with Gasteiger partial charge in [-0.05, 0) is 41.5 Å². The quantitative estimate of drug-likeness (QED) is 0.627. The molecule has 3 rings (SSSR count). The molecule has 0 radical (unpaired) electrons. The molecule has 1 atom stereocenters. The lowest BCUT2D eigenvalue weighted by atomic mass is 10.1. The highest BCUT2D eigenvalue weighted by Gasteiger charge is 2.34. The molecule has 0 aromatic heterocycles. The van der Waals surface area contributed by atoms with E-state index in [1.165, 1.54) is 18.2 Å². The molecular weight excluding hydrogens is 355 g/mol. The first kappa shape index (κ1) is 18.8. The van der Waals surface area contributed by atoms with Crippen molar-refractivity contribution < 1.29 is 22.7 Å². The second-order valence-corrected chi connectivity index (χ2v) is 6.06.